The van der Waals surface area contributed by atoms with Crippen molar-refractivity contribution in [1.82, 2.24) is 20.3 Å². The summed E-state index contributed by atoms with van der Waals surface area (Å²) in [4.78, 5) is 24.8. The Labute approximate surface area is 142 Å². The van der Waals surface area contributed by atoms with Gasteiger partial charge in [0.1, 0.15) is 5.01 Å². The Hall–Kier alpha value is -2.12. The molecule has 0 radical (unpaired) electrons. The second kappa shape index (κ2) is 7.43. The molecule has 1 amide bonds. The van der Waals surface area contributed by atoms with E-state index in [0.29, 0.717) is 12.8 Å². The van der Waals surface area contributed by atoms with E-state index in [9.17, 15) is 4.79 Å². The number of hydrogen-bond donors (Lipinski definition) is 1. The van der Waals surface area contributed by atoms with E-state index in [-0.39, 0.29) is 11.9 Å². The van der Waals surface area contributed by atoms with Crippen molar-refractivity contribution in [2.45, 2.75) is 25.8 Å². The van der Waals surface area contributed by atoms with Crippen molar-refractivity contribution in [1.29, 1.82) is 0 Å². The fourth-order valence-electron chi connectivity index (χ4n) is 2.12. The molecule has 0 aliphatic heterocycles. The Kier molecular flexibility index (Phi) is 5.09. The standard InChI is InChI=1S/C16H16N4OS2/c1-11(19-15(21)3-2-13-8-22-10-18-13)16-20-14(9-23-16)12-4-6-17-7-5-12/h4-11H,2-3H2,1H3,(H,19,21)/t11-/m1/s1. The molecule has 0 aliphatic rings. The van der Waals surface area contributed by atoms with E-state index in [1.807, 2.05) is 29.8 Å². The summed E-state index contributed by atoms with van der Waals surface area (Å²) in [6, 6.07) is 3.75. The van der Waals surface area contributed by atoms with Gasteiger partial charge in [-0.1, -0.05) is 0 Å². The lowest BCUT2D eigenvalue weighted by molar-refractivity contribution is -0.121. The van der Waals surface area contributed by atoms with Gasteiger partial charge in [-0.05, 0) is 25.5 Å². The van der Waals surface area contributed by atoms with E-state index in [0.717, 1.165) is 22.0 Å². The van der Waals surface area contributed by atoms with E-state index in [4.69, 9.17) is 0 Å². The van der Waals surface area contributed by atoms with Crippen molar-refractivity contribution in [2.75, 3.05) is 0 Å². The lowest BCUT2D eigenvalue weighted by Crippen LogP contribution is -2.26. The molecule has 3 aromatic heterocycles. The molecule has 0 saturated heterocycles. The molecule has 0 fully saturated rings. The van der Waals surface area contributed by atoms with Gasteiger partial charge < -0.3 is 5.32 Å². The van der Waals surface area contributed by atoms with Gasteiger partial charge in [-0.15, -0.1) is 22.7 Å². The number of carbonyl (C=O) groups excluding carboxylic acids is 1. The Morgan fingerprint density at radius 1 is 1.30 bits per heavy atom. The number of hydrogen-bond acceptors (Lipinski definition) is 6. The maximum absolute atomic E-state index is 12.0. The molecular formula is C16H16N4OS2. The average molecular weight is 344 g/mol. The molecule has 0 bridgehead atoms. The zero-order chi connectivity index (χ0) is 16.1. The Balaban J connectivity index is 1.57. The van der Waals surface area contributed by atoms with Gasteiger partial charge in [0, 0.05) is 35.1 Å². The highest BCUT2D eigenvalue weighted by Crippen LogP contribution is 2.25. The Morgan fingerprint density at radius 2 is 2.13 bits per heavy atom. The van der Waals surface area contributed by atoms with Crippen LogP contribution in [-0.2, 0) is 11.2 Å². The smallest absolute Gasteiger partial charge is 0.220 e. The normalized spacial score (nSPS) is 12.0. The van der Waals surface area contributed by atoms with E-state index in [2.05, 4.69) is 20.3 Å². The van der Waals surface area contributed by atoms with Gasteiger partial charge in [-0.25, -0.2) is 9.97 Å². The van der Waals surface area contributed by atoms with Gasteiger partial charge in [0.25, 0.3) is 0 Å². The molecule has 3 heterocycles. The molecule has 118 valence electrons. The first-order valence-electron chi connectivity index (χ1n) is 7.24. The second-order valence-electron chi connectivity index (χ2n) is 5.08. The maximum Gasteiger partial charge on any atom is 0.220 e. The monoisotopic (exact) mass is 344 g/mol. The van der Waals surface area contributed by atoms with Crippen LogP contribution in [0.3, 0.4) is 0 Å². The lowest BCUT2D eigenvalue weighted by atomic mass is 10.2. The predicted molar refractivity (Wildman–Crippen MR) is 92.3 cm³/mol. The number of amides is 1. The van der Waals surface area contributed by atoms with E-state index in [1.54, 1.807) is 40.6 Å². The third-order valence-electron chi connectivity index (χ3n) is 3.34. The average Bonchev–Trinajstić information content (AvgIpc) is 3.25. The molecule has 0 saturated carbocycles. The summed E-state index contributed by atoms with van der Waals surface area (Å²) in [5.74, 6) is 0.0196. The molecular weight excluding hydrogens is 328 g/mol. The molecule has 3 aromatic rings. The zero-order valence-electron chi connectivity index (χ0n) is 12.6. The third-order valence-corrected chi connectivity index (χ3v) is 5.00. The van der Waals surface area contributed by atoms with Gasteiger partial charge in [-0.3, -0.25) is 9.78 Å². The van der Waals surface area contributed by atoms with Crippen LogP contribution in [0.1, 0.15) is 30.1 Å². The summed E-state index contributed by atoms with van der Waals surface area (Å²) < 4.78 is 0. The van der Waals surface area contributed by atoms with Gasteiger partial charge in [0.05, 0.1) is 22.9 Å². The number of pyridine rings is 1. The summed E-state index contributed by atoms with van der Waals surface area (Å²) in [5.41, 5.74) is 4.69. The molecule has 1 N–H and O–H groups in total. The number of nitrogens with one attached hydrogen (secondary N) is 1. The number of thiazole rings is 2. The maximum atomic E-state index is 12.0. The Bertz CT molecular complexity index is 756. The van der Waals surface area contributed by atoms with E-state index >= 15 is 0 Å². The molecule has 0 unspecified atom stereocenters. The predicted octanol–water partition coefficient (Wildman–Crippen LogP) is 3.47. The van der Waals surface area contributed by atoms with Crippen molar-refractivity contribution in [2.24, 2.45) is 0 Å². The number of aryl methyl sites for hydroxylation is 1. The van der Waals surface area contributed by atoms with Crippen molar-refractivity contribution < 1.29 is 4.79 Å². The number of aromatic nitrogens is 3. The Morgan fingerprint density at radius 3 is 2.87 bits per heavy atom. The minimum Gasteiger partial charge on any atom is -0.347 e. The molecule has 23 heavy (non-hydrogen) atoms. The molecule has 0 spiro atoms. The van der Waals surface area contributed by atoms with Crippen LogP contribution in [0, 0.1) is 0 Å². The van der Waals surface area contributed by atoms with Crippen LogP contribution in [0.4, 0.5) is 0 Å². The minimum atomic E-state index is -0.0986. The largest absolute Gasteiger partial charge is 0.347 e. The van der Waals surface area contributed by atoms with Gasteiger partial charge in [0.2, 0.25) is 5.91 Å². The highest BCUT2D eigenvalue weighted by Gasteiger charge is 2.14. The summed E-state index contributed by atoms with van der Waals surface area (Å²) in [5, 5.41) is 7.87. The van der Waals surface area contributed by atoms with Crippen molar-refractivity contribution in [3.05, 3.63) is 51.5 Å². The van der Waals surface area contributed by atoms with E-state index < -0.39 is 0 Å². The minimum absolute atomic E-state index is 0.0196. The molecule has 5 nitrogen and oxygen atoms in total. The summed E-state index contributed by atoms with van der Waals surface area (Å²) in [7, 11) is 0. The van der Waals surface area contributed by atoms with Crippen LogP contribution in [0.15, 0.2) is 40.8 Å². The number of carbonyl (C=O) groups is 1. The quantitative estimate of drug-likeness (QED) is 0.743. The summed E-state index contributed by atoms with van der Waals surface area (Å²) >= 11 is 3.10. The van der Waals surface area contributed by atoms with Crippen LogP contribution in [0.5, 0.6) is 0 Å². The van der Waals surface area contributed by atoms with E-state index in [1.165, 1.54) is 0 Å². The highest BCUT2D eigenvalue weighted by atomic mass is 32.1. The number of nitrogens with zero attached hydrogens (tertiary/aromatic N) is 3. The topological polar surface area (TPSA) is 67.8 Å². The van der Waals surface area contributed by atoms with Crippen LogP contribution in [0.2, 0.25) is 0 Å². The van der Waals surface area contributed by atoms with Gasteiger partial charge in [-0.2, -0.15) is 0 Å². The third kappa shape index (κ3) is 4.20. The summed E-state index contributed by atoms with van der Waals surface area (Å²) in [6.45, 7) is 1.95. The fraction of sp³-hybridized carbons (Fsp3) is 0.250. The van der Waals surface area contributed by atoms with Gasteiger partial charge in [0.15, 0.2) is 0 Å². The van der Waals surface area contributed by atoms with Crippen LogP contribution < -0.4 is 5.32 Å². The molecule has 3 rings (SSSR count). The molecule has 0 aliphatic carbocycles. The first-order chi connectivity index (χ1) is 11.2. The lowest BCUT2D eigenvalue weighted by Gasteiger charge is -2.10. The van der Waals surface area contributed by atoms with Crippen LogP contribution >= 0.6 is 22.7 Å². The van der Waals surface area contributed by atoms with Gasteiger partial charge >= 0.3 is 0 Å². The summed E-state index contributed by atoms with van der Waals surface area (Å²) in [6.07, 6.45) is 4.61. The first kappa shape index (κ1) is 15.8. The van der Waals surface area contributed by atoms with Crippen LogP contribution in [0.25, 0.3) is 11.3 Å². The molecule has 1 atom stereocenters. The second-order valence-corrected chi connectivity index (χ2v) is 6.68. The zero-order valence-corrected chi connectivity index (χ0v) is 14.2. The van der Waals surface area contributed by atoms with Crippen molar-refractivity contribution in [3.63, 3.8) is 0 Å². The SMILES string of the molecule is C[C@@H](NC(=O)CCc1cscn1)c1nc(-c2ccncc2)cs1. The highest BCUT2D eigenvalue weighted by molar-refractivity contribution is 7.10. The van der Waals surface area contributed by atoms with Crippen molar-refractivity contribution >= 4 is 28.6 Å². The first-order valence-corrected chi connectivity index (χ1v) is 9.07. The van der Waals surface area contributed by atoms with Crippen molar-refractivity contribution in [3.8, 4) is 11.3 Å². The molecule has 7 heteroatoms. The molecule has 0 aromatic carbocycles. The fourth-order valence-corrected chi connectivity index (χ4v) is 3.55. The van der Waals surface area contributed by atoms with Crippen LogP contribution in [-0.4, -0.2) is 20.9 Å². The number of rotatable bonds is 6.